The highest BCUT2D eigenvalue weighted by Gasteiger charge is 2.08. The van der Waals surface area contributed by atoms with Crippen molar-refractivity contribution in [2.75, 3.05) is 6.26 Å². The summed E-state index contributed by atoms with van der Waals surface area (Å²) >= 11 is 9.13. The summed E-state index contributed by atoms with van der Waals surface area (Å²) in [6.07, 6.45) is 1.98. The summed E-state index contributed by atoms with van der Waals surface area (Å²) in [6, 6.07) is 5.41. The van der Waals surface area contributed by atoms with Crippen molar-refractivity contribution in [3.8, 4) is 0 Å². The Morgan fingerprint density at radius 2 is 2.13 bits per heavy atom. The van der Waals surface area contributed by atoms with Gasteiger partial charge in [-0.3, -0.25) is 4.79 Å². The molecule has 0 aliphatic heterocycles. The van der Waals surface area contributed by atoms with Gasteiger partial charge in [0, 0.05) is 20.7 Å². The Bertz CT molecular complexity index is 575. The second kappa shape index (κ2) is 4.16. The second-order valence-electron chi connectivity index (χ2n) is 3.19. The van der Waals surface area contributed by atoms with Gasteiger partial charge >= 0.3 is 0 Å². The average molecular weight is 257 g/mol. The van der Waals surface area contributed by atoms with E-state index < -0.39 is 0 Å². The molecule has 0 radical (unpaired) electrons. The van der Waals surface area contributed by atoms with Crippen LogP contribution in [0, 0.1) is 6.92 Å². The molecule has 2 aromatic rings. The van der Waals surface area contributed by atoms with Gasteiger partial charge in [0.25, 0.3) is 0 Å². The van der Waals surface area contributed by atoms with Gasteiger partial charge in [-0.25, -0.2) is 0 Å². The van der Waals surface area contributed by atoms with E-state index in [1.54, 1.807) is 35.2 Å². The van der Waals surface area contributed by atoms with Crippen molar-refractivity contribution >= 4 is 44.8 Å². The summed E-state index contributed by atoms with van der Waals surface area (Å²) in [7, 11) is 0. The molecule has 0 amide bonds. The molecule has 15 heavy (non-hydrogen) atoms. The summed E-state index contributed by atoms with van der Waals surface area (Å²) in [5.74, 6) is 0. The lowest BCUT2D eigenvalue weighted by Crippen LogP contribution is -2.05. The molecule has 0 saturated heterocycles. The van der Waals surface area contributed by atoms with Crippen LogP contribution in [0.1, 0.15) is 5.56 Å². The molecule has 0 aliphatic rings. The van der Waals surface area contributed by atoms with Crippen LogP contribution in [0.2, 0.25) is 5.02 Å². The lowest BCUT2D eigenvalue weighted by atomic mass is 10.2. The lowest BCUT2D eigenvalue weighted by molar-refractivity contribution is 1.36. The number of thioether (sulfide) groups is 1. The minimum absolute atomic E-state index is 0.116. The van der Waals surface area contributed by atoms with E-state index in [4.69, 9.17) is 11.6 Å². The molecule has 1 nitrogen and oxygen atoms in total. The monoisotopic (exact) mass is 256 g/mol. The van der Waals surface area contributed by atoms with E-state index in [9.17, 15) is 4.79 Å². The first-order valence-corrected chi connectivity index (χ1v) is 6.82. The van der Waals surface area contributed by atoms with E-state index in [0.29, 0.717) is 5.02 Å². The average Bonchev–Trinajstić information content (AvgIpc) is 2.23. The van der Waals surface area contributed by atoms with Crippen molar-refractivity contribution < 1.29 is 0 Å². The van der Waals surface area contributed by atoms with Crippen LogP contribution >= 0.6 is 34.7 Å². The van der Waals surface area contributed by atoms with E-state index in [2.05, 4.69) is 0 Å². The topological polar surface area (TPSA) is 17.1 Å². The van der Waals surface area contributed by atoms with Crippen LogP contribution in [-0.4, -0.2) is 6.26 Å². The number of rotatable bonds is 1. The predicted molar refractivity (Wildman–Crippen MR) is 69.6 cm³/mol. The van der Waals surface area contributed by atoms with Crippen LogP contribution in [0.25, 0.3) is 10.1 Å². The van der Waals surface area contributed by atoms with Crippen LogP contribution in [-0.2, 0) is 0 Å². The molecule has 0 spiro atoms. The highest BCUT2D eigenvalue weighted by atomic mass is 35.5. The standard InChI is InChI=1S/C11H9ClOS2/c1-6-10(13)8-4-3-7(12)5-9(8)15-11(6)14-2/h3-5H,1-2H3. The molecule has 0 aliphatic carbocycles. The van der Waals surface area contributed by atoms with Gasteiger partial charge < -0.3 is 0 Å². The van der Waals surface area contributed by atoms with Crippen LogP contribution in [0.3, 0.4) is 0 Å². The fraction of sp³-hybridized carbons (Fsp3) is 0.182. The number of hydrogen-bond donors (Lipinski definition) is 0. The van der Waals surface area contributed by atoms with E-state index >= 15 is 0 Å². The third-order valence-electron chi connectivity index (χ3n) is 2.22. The fourth-order valence-corrected chi connectivity index (χ4v) is 3.57. The summed E-state index contributed by atoms with van der Waals surface area (Å²) in [6.45, 7) is 1.87. The van der Waals surface area contributed by atoms with Crippen molar-refractivity contribution in [3.63, 3.8) is 0 Å². The lowest BCUT2D eigenvalue weighted by Gasteiger charge is -2.03. The molecule has 0 bridgehead atoms. The Balaban J connectivity index is 2.91. The summed E-state index contributed by atoms with van der Waals surface area (Å²) < 4.78 is 2.03. The number of halogens is 1. The Kier molecular flexibility index (Phi) is 3.05. The predicted octanol–water partition coefficient (Wildman–Crippen LogP) is 3.95. The molecular weight excluding hydrogens is 248 g/mol. The van der Waals surface area contributed by atoms with E-state index in [-0.39, 0.29) is 5.43 Å². The van der Waals surface area contributed by atoms with Gasteiger partial charge in [0.15, 0.2) is 5.43 Å². The minimum Gasteiger partial charge on any atom is -0.289 e. The maximum Gasteiger partial charge on any atom is 0.192 e. The summed E-state index contributed by atoms with van der Waals surface area (Å²) in [4.78, 5) is 12.0. The van der Waals surface area contributed by atoms with Gasteiger partial charge in [0.2, 0.25) is 0 Å². The van der Waals surface area contributed by atoms with Crippen molar-refractivity contribution in [2.45, 2.75) is 11.1 Å². The molecule has 1 heterocycles. The van der Waals surface area contributed by atoms with Gasteiger partial charge in [-0.05, 0) is 31.4 Å². The van der Waals surface area contributed by atoms with Crippen molar-refractivity contribution in [2.24, 2.45) is 0 Å². The summed E-state index contributed by atoms with van der Waals surface area (Å²) in [5.41, 5.74) is 0.951. The zero-order valence-electron chi connectivity index (χ0n) is 8.33. The Morgan fingerprint density at radius 3 is 2.80 bits per heavy atom. The van der Waals surface area contributed by atoms with E-state index in [1.165, 1.54) is 0 Å². The maximum atomic E-state index is 12.0. The molecule has 0 atom stereocenters. The molecule has 1 aromatic carbocycles. The van der Waals surface area contributed by atoms with Crippen LogP contribution in [0.5, 0.6) is 0 Å². The van der Waals surface area contributed by atoms with Gasteiger partial charge in [-0.15, -0.1) is 23.1 Å². The Morgan fingerprint density at radius 1 is 1.40 bits per heavy atom. The zero-order valence-corrected chi connectivity index (χ0v) is 10.7. The normalized spacial score (nSPS) is 10.9. The molecule has 0 fully saturated rings. The minimum atomic E-state index is 0.116. The van der Waals surface area contributed by atoms with E-state index in [0.717, 1.165) is 19.9 Å². The van der Waals surface area contributed by atoms with Crippen molar-refractivity contribution in [3.05, 3.63) is 39.0 Å². The summed E-state index contributed by atoms with van der Waals surface area (Å²) in [5, 5.41) is 1.44. The first kappa shape index (κ1) is 11.0. The zero-order chi connectivity index (χ0) is 11.0. The van der Waals surface area contributed by atoms with Crippen LogP contribution < -0.4 is 5.43 Å². The third kappa shape index (κ3) is 1.92. The molecule has 0 unspecified atom stereocenters. The fourth-order valence-electron chi connectivity index (χ4n) is 1.43. The highest BCUT2D eigenvalue weighted by Crippen LogP contribution is 2.30. The molecule has 78 valence electrons. The molecule has 2 rings (SSSR count). The van der Waals surface area contributed by atoms with Gasteiger partial charge in [-0.2, -0.15) is 0 Å². The van der Waals surface area contributed by atoms with Crippen LogP contribution in [0.15, 0.2) is 27.2 Å². The molecular formula is C11H9ClOS2. The molecule has 0 saturated carbocycles. The molecule has 4 heteroatoms. The molecule has 0 N–H and O–H groups in total. The SMILES string of the molecule is CSc1sc2cc(Cl)ccc2c(=O)c1C. The van der Waals surface area contributed by atoms with Gasteiger partial charge in [0.05, 0.1) is 4.21 Å². The number of hydrogen-bond acceptors (Lipinski definition) is 3. The molecule has 1 aromatic heterocycles. The quantitative estimate of drug-likeness (QED) is 0.719. The first-order valence-electron chi connectivity index (χ1n) is 4.40. The van der Waals surface area contributed by atoms with Crippen LogP contribution in [0.4, 0.5) is 0 Å². The van der Waals surface area contributed by atoms with Gasteiger partial charge in [0.1, 0.15) is 0 Å². The number of benzene rings is 1. The number of fused-ring (bicyclic) bond motifs is 1. The van der Waals surface area contributed by atoms with E-state index in [1.807, 2.05) is 19.2 Å². The highest BCUT2D eigenvalue weighted by molar-refractivity contribution is 8.00. The van der Waals surface area contributed by atoms with Gasteiger partial charge in [-0.1, -0.05) is 11.6 Å². The maximum absolute atomic E-state index is 12.0. The Hall–Kier alpha value is -0.510. The smallest absolute Gasteiger partial charge is 0.192 e. The Labute approximate surface area is 101 Å². The second-order valence-corrected chi connectivity index (χ2v) is 5.75. The van der Waals surface area contributed by atoms with Crippen molar-refractivity contribution in [1.29, 1.82) is 0 Å². The largest absolute Gasteiger partial charge is 0.289 e. The third-order valence-corrected chi connectivity index (χ3v) is 4.93. The van der Waals surface area contributed by atoms with Crippen molar-refractivity contribution in [1.82, 2.24) is 0 Å². The first-order chi connectivity index (χ1) is 7.13.